The van der Waals surface area contributed by atoms with Gasteiger partial charge >= 0.3 is 90.3 Å². The molecule has 8 atom stereocenters. The predicted octanol–water partition coefficient (Wildman–Crippen LogP) is 2.82. The van der Waals surface area contributed by atoms with E-state index in [0.29, 0.717) is 55.3 Å². The van der Waals surface area contributed by atoms with Crippen LogP contribution in [0.25, 0.3) is 0 Å². The van der Waals surface area contributed by atoms with Gasteiger partial charge in [-0.15, -0.1) is 0 Å². The van der Waals surface area contributed by atoms with Crippen molar-refractivity contribution in [1.29, 1.82) is 0 Å². The molecule has 4 aliphatic heterocycles. The fourth-order valence-corrected chi connectivity index (χ4v) is 6.49. The molecule has 0 bridgehead atoms. The van der Waals surface area contributed by atoms with Crippen LogP contribution in [0.15, 0.2) is 0 Å². The van der Waals surface area contributed by atoms with Crippen molar-refractivity contribution in [2.75, 3.05) is 100 Å². The molecule has 0 aliphatic carbocycles. The Hall–Kier alpha value is 1.29. The maximum absolute atomic E-state index is 8.93. The van der Waals surface area contributed by atoms with E-state index in [1.165, 1.54) is 19.5 Å². The maximum atomic E-state index is 8.93. The summed E-state index contributed by atoms with van der Waals surface area (Å²) in [5.74, 6) is 5.52. The minimum atomic E-state index is -3.79. The predicted molar refractivity (Wildman–Crippen MR) is 176 cm³/mol. The second-order valence-corrected chi connectivity index (χ2v) is 15.6. The number of rotatable bonds is 3. The second-order valence-electron chi connectivity index (χ2n) is 14.3. The van der Waals surface area contributed by atoms with Crippen molar-refractivity contribution in [1.82, 2.24) is 19.6 Å². The quantitative estimate of drug-likeness (QED) is 0.348. The van der Waals surface area contributed by atoms with E-state index < -0.39 is 27.9 Å². The van der Waals surface area contributed by atoms with Crippen molar-refractivity contribution >= 4 is 0 Å². The van der Waals surface area contributed by atoms with E-state index in [1.54, 1.807) is 0 Å². The monoisotopic (exact) mass is 1020 g/mol. The summed E-state index contributed by atoms with van der Waals surface area (Å²) in [6.07, 6.45) is 4.87. The van der Waals surface area contributed by atoms with Crippen LogP contribution in [-0.4, -0.2) is 135 Å². The molecular weight excluding hydrogens is 951 g/mol. The molecule has 0 spiro atoms. The zero-order valence-electron chi connectivity index (χ0n) is 32.9. The Labute approximate surface area is 368 Å². The fraction of sp³-hybridized carbons (Fsp3) is 1.00. The van der Waals surface area contributed by atoms with Crippen LogP contribution in [0.5, 0.6) is 0 Å². The summed E-state index contributed by atoms with van der Waals surface area (Å²) in [7, 11) is 8.64. The Morgan fingerprint density at radius 2 is 0.642 bits per heavy atom. The number of hydrogen-bond acceptors (Lipinski definition) is 15. The van der Waals surface area contributed by atoms with E-state index in [2.05, 4.69) is 114 Å². The second kappa shape index (κ2) is 42.9. The SMILES string of the molecule is C[C@@H]1CN(C)CC[C@@H]1C.C[C@@H]1CN(C)CC[C@@H]1CO.C[C@@H]1CN(C)CC[C@H]1CO.C[C@@H]1CN(C)CC[C@H]1CO.[Cr].[Cr].[HH].[HH].[O]=[Cr](=[O])=[O].[O]=[Cr](=[O])=[O].[O]=[Cu].[O]=[Cu]. The summed E-state index contributed by atoms with van der Waals surface area (Å²) in [4.78, 5) is 9.41. The summed E-state index contributed by atoms with van der Waals surface area (Å²) in [5, 5.41) is 26.8. The molecule has 4 aliphatic rings. The van der Waals surface area contributed by atoms with Gasteiger partial charge in [-0.25, -0.2) is 0 Å². The van der Waals surface area contributed by atoms with Gasteiger partial charge in [-0.05, 0) is 127 Å². The molecular formula is C32H72Cr4Cu2N4O11. The van der Waals surface area contributed by atoms with E-state index in [4.69, 9.17) is 45.8 Å². The zero-order chi connectivity index (χ0) is 40.7. The summed E-state index contributed by atoms with van der Waals surface area (Å²) >= 11 is -1.71. The summed E-state index contributed by atoms with van der Waals surface area (Å²) in [6.45, 7) is 21.9. The van der Waals surface area contributed by atoms with Gasteiger partial charge in [0, 0.05) is 83.6 Å². The van der Waals surface area contributed by atoms with E-state index in [9.17, 15) is 0 Å². The van der Waals surface area contributed by atoms with Gasteiger partial charge in [0.05, 0.1) is 0 Å². The minimum absolute atomic E-state index is 0. The molecule has 0 aromatic carbocycles. The molecule has 332 valence electrons. The molecule has 4 saturated heterocycles. The number of nitrogens with zero attached hydrogens (tertiary/aromatic N) is 4. The van der Waals surface area contributed by atoms with Crippen LogP contribution in [0, 0.1) is 47.3 Å². The van der Waals surface area contributed by atoms with Crippen molar-refractivity contribution < 1.29 is 143 Å². The first-order chi connectivity index (χ1) is 23.9. The van der Waals surface area contributed by atoms with Gasteiger partial charge in [-0.3, -0.25) is 0 Å². The topological polar surface area (TPSA) is 210 Å². The molecule has 0 unspecified atom stereocenters. The van der Waals surface area contributed by atoms with Crippen LogP contribution >= 0.6 is 0 Å². The Kier molecular flexibility index (Phi) is 53.5. The normalized spacial score (nSPS) is 28.3. The summed E-state index contributed by atoms with van der Waals surface area (Å²) in [5.41, 5.74) is 0. The third-order valence-electron chi connectivity index (χ3n) is 10.1. The van der Waals surface area contributed by atoms with Gasteiger partial charge in [0.2, 0.25) is 0 Å². The average molecular weight is 1020 g/mol. The Morgan fingerprint density at radius 1 is 0.453 bits per heavy atom. The number of aliphatic hydroxyl groups excluding tert-OH is 3. The van der Waals surface area contributed by atoms with Crippen LogP contribution in [0.3, 0.4) is 0 Å². The van der Waals surface area contributed by atoms with Crippen LogP contribution in [0.4, 0.5) is 0 Å². The number of hydrogen-bond donors (Lipinski definition) is 3. The molecule has 21 heteroatoms. The first-order valence-corrected chi connectivity index (χ1v) is 21.1. The van der Waals surface area contributed by atoms with Gasteiger partial charge < -0.3 is 34.9 Å². The van der Waals surface area contributed by atoms with Crippen molar-refractivity contribution in [2.45, 2.75) is 60.3 Å². The number of piperidine rings is 4. The molecule has 0 saturated carbocycles. The van der Waals surface area contributed by atoms with E-state index in [-0.39, 0.29) is 37.6 Å². The molecule has 0 radical (unpaired) electrons. The van der Waals surface area contributed by atoms with E-state index >= 15 is 0 Å². The Balaban J connectivity index is -0.0000000797. The molecule has 0 amide bonds. The van der Waals surface area contributed by atoms with Gasteiger partial charge in [-0.1, -0.05) is 34.6 Å². The van der Waals surface area contributed by atoms with Gasteiger partial charge in [-0.2, -0.15) is 0 Å². The van der Waals surface area contributed by atoms with Crippen molar-refractivity contribution in [3.05, 3.63) is 0 Å². The molecule has 4 fully saturated rings. The van der Waals surface area contributed by atoms with E-state index in [1.807, 2.05) is 0 Å². The number of likely N-dealkylation sites (tertiary alicyclic amines) is 4. The first kappa shape index (κ1) is 66.1. The van der Waals surface area contributed by atoms with E-state index in [0.717, 1.165) is 70.4 Å². The standard InChI is InChI=1S/3C8H17NO.C8H17N.4Cr.2Cu.8O.2H2/c3*1-7-5-9(2)4-3-8(7)6-10;1-7-4-5-9(3)6-8(7)2;;;;;;;;;;;;;;;;/h3*7-8,10H,3-6H2,1-2H3;7-8H,4-6H2,1-3H3;;;;;;;;;;;;;;;2*1H/t2*7-,8+;7-,8-;7-,8+;;;;;;;;;;;;;;;;/m1110................/s1. The molecule has 53 heavy (non-hydrogen) atoms. The van der Waals surface area contributed by atoms with Crippen molar-refractivity contribution in [3.63, 3.8) is 0 Å². The zero-order valence-corrected chi connectivity index (χ0v) is 39.8. The molecule has 0 aromatic heterocycles. The fourth-order valence-electron chi connectivity index (χ4n) is 6.49. The molecule has 4 heterocycles. The molecule has 3 N–H and O–H groups in total. The van der Waals surface area contributed by atoms with Crippen LogP contribution in [-0.2, 0) is 125 Å². The first-order valence-electron chi connectivity index (χ1n) is 17.2. The van der Waals surface area contributed by atoms with Gasteiger partial charge in [0.25, 0.3) is 0 Å². The van der Waals surface area contributed by atoms with Crippen LogP contribution in [0.1, 0.15) is 63.2 Å². The van der Waals surface area contributed by atoms with Crippen molar-refractivity contribution in [2.24, 2.45) is 47.3 Å². The van der Waals surface area contributed by atoms with Gasteiger partial charge in [0.1, 0.15) is 0 Å². The molecule has 4 rings (SSSR count). The van der Waals surface area contributed by atoms with Crippen molar-refractivity contribution in [3.8, 4) is 0 Å². The Morgan fingerprint density at radius 3 is 0.792 bits per heavy atom. The third kappa shape index (κ3) is 39.9. The van der Waals surface area contributed by atoms with Crippen LogP contribution < -0.4 is 0 Å². The van der Waals surface area contributed by atoms with Gasteiger partial charge in [0.15, 0.2) is 0 Å². The molecule has 0 aromatic rings. The van der Waals surface area contributed by atoms with Crippen LogP contribution in [0.2, 0.25) is 0 Å². The molecule has 15 nitrogen and oxygen atoms in total. The number of aliphatic hydroxyl groups is 3. The third-order valence-corrected chi connectivity index (χ3v) is 10.1. The summed E-state index contributed by atoms with van der Waals surface area (Å²) in [6, 6.07) is 0. The Bertz CT molecular complexity index is 969. The average Bonchev–Trinajstić information content (AvgIpc) is 3.05. The summed E-state index contributed by atoms with van der Waals surface area (Å²) < 4.78 is 66.9.